The zero-order chi connectivity index (χ0) is 26.6. The van der Waals surface area contributed by atoms with Crippen molar-refractivity contribution in [1.29, 1.82) is 0 Å². The molecule has 4 rings (SSSR count). The molecule has 0 spiro atoms. The summed E-state index contributed by atoms with van der Waals surface area (Å²) in [5, 5.41) is 5.90. The maximum atomic E-state index is 4.70. The van der Waals surface area contributed by atoms with Crippen LogP contribution < -0.4 is 21.2 Å². The van der Waals surface area contributed by atoms with Crippen LogP contribution in [0, 0.1) is 13.8 Å². The van der Waals surface area contributed by atoms with Crippen molar-refractivity contribution in [3.05, 3.63) is 135 Å². The van der Waals surface area contributed by atoms with Crippen molar-refractivity contribution in [3.63, 3.8) is 0 Å². The average molecular weight is 612 g/mol. The van der Waals surface area contributed by atoms with E-state index >= 15 is 0 Å². The van der Waals surface area contributed by atoms with Gasteiger partial charge in [-0.2, -0.15) is 12.8 Å². The number of hydrogen-bond acceptors (Lipinski definition) is 0. The third-order valence-corrected chi connectivity index (χ3v) is 10.7. The third-order valence-electron chi connectivity index (χ3n) is 5.53. The summed E-state index contributed by atoms with van der Waals surface area (Å²) in [5.41, 5.74) is 0. The fraction of sp³-hybridized carbons (Fsp3) is 0.188. The van der Waals surface area contributed by atoms with Gasteiger partial charge in [0.1, 0.15) is 0 Å². The van der Waals surface area contributed by atoms with Crippen LogP contribution in [0.15, 0.2) is 121 Å². The topological polar surface area (TPSA) is 0 Å². The van der Waals surface area contributed by atoms with Gasteiger partial charge in [-0.25, -0.2) is 0 Å². The van der Waals surface area contributed by atoms with E-state index in [-0.39, 0.29) is 15.8 Å². The Morgan fingerprint density at radius 3 is 0.865 bits per heavy atom. The summed E-state index contributed by atoms with van der Waals surface area (Å²) >= 11 is 0.569. The van der Waals surface area contributed by atoms with Crippen LogP contribution in [-0.2, 0) is 12.7 Å². The maximum absolute atomic E-state index is 4.70. The Labute approximate surface area is 242 Å². The van der Waals surface area contributed by atoms with Crippen molar-refractivity contribution in [2.75, 3.05) is 12.3 Å². The summed E-state index contributed by atoms with van der Waals surface area (Å²) in [6.07, 6.45) is 6.95. The Morgan fingerprint density at radius 2 is 0.676 bits per heavy atom. The minimum absolute atomic E-state index is 0.197. The molecule has 0 aliphatic carbocycles. The number of hydrogen-bond donors (Lipinski definition) is 0. The number of unbranched alkanes of at least 4 members (excludes halogenated alkanes) is 2. The van der Waals surface area contributed by atoms with Crippen molar-refractivity contribution in [2.45, 2.75) is 25.7 Å². The second-order valence-corrected chi connectivity index (χ2v) is 14.4. The van der Waals surface area contributed by atoms with Crippen molar-refractivity contribution in [2.24, 2.45) is 0 Å². The molecule has 0 bridgehead atoms. The molecular weight excluding hydrogens is 576 g/mol. The van der Waals surface area contributed by atoms with Crippen LogP contribution in [0.5, 0.6) is 0 Å². The van der Waals surface area contributed by atoms with Crippen LogP contribution in [0.1, 0.15) is 25.7 Å². The molecule has 198 valence electrons. The van der Waals surface area contributed by atoms with Gasteiger partial charge in [0.15, 0.2) is 0 Å². The molecule has 0 aliphatic rings. The zero-order valence-electron chi connectivity index (χ0n) is 21.2. The molecule has 0 fully saturated rings. The Morgan fingerprint density at radius 1 is 0.459 bits per heavy atom. The van der Waals surface area contributed by atoms with Gasteiger partial charge < -0.3 is 13.8 Å². The fourth-order valence-corrected chi connectivity index (χ4v) is 8.62. The Balaban J connectivity index is 0.000000235. The first-order valence-corrected chi connectivity index (χ1v) is 18.2. The Kier molecular flexibility index (Phi) is 17.9. The van der Waals surface area contributed by atoms with Gasteiger partial charge in [-0.15, -0.1) is 0 Å². The quantitative estimate of drug-likeness (QED) is 0.0955. The molecule has 0 aromatic heterocycles. The van der Waals surface area contributed by atoms with Crippen molar-refractivity contribution >= 4 is 57.4 Å². The van der Waals surface area contributed by atoms with Gasteiger partial charge >= 0.3 is 33.0 Å². The van der Waals surface area contributed by atoms with Crippen LogP contribution >= 0.6 is 36.2 Å². The number of rotatable bonds is 10. The van der Waals surface area contributed by atoms with E-state index in [2.05, 4.69) is 135 Å². The third kappa shape index (κ3) is 12.5. The van der Waals surface area contributed by atoms with Gasteiger partial charge in [0.05, 0.1) is 0 Å². The van der Waals surface area contributed by atoms with E-state index in [1.165, 1.54) is 46.4 Å². The number of benzene rings is 4. The van der Waals surface area contributed by atoms with Gasteiger partial charge in [0, 0.05) is 0 Å². The molecule has 0 nitrogen and oxygen atoms in total. The molecule has 0 unspecified atom stereocenters. The molecule has 0 N–H and O–H groups in total. The Bertz CT molecular complexity index is 885. The molecule has 0 atom stereocenters. The van der Waals surface area contributed by atoms with Crippen molar-refractivity contribution in [1.82, 2.24) is 0 Å². The first-order valence-electron chi connectivity index (χ1n) is 12.4. The SMILES string of the molecule is [CH2-]CCCP(c1ccccc1)c1ccccc1.[CH2-]CCCP(c1ccccc1)c1ccccc1.[Cl][Ni+2][Cl]. The summed E-state index contributed by atoms with van der Waals surface area (Å²) < 4.78 is 0. The first kappa shape index (κ1) is 32.0. The summed E-state index contributed by atoms with van der Waals surface area (Å²) in [4.78, 5) is 0. The standard InChI is InChI=1S/2C16H18P.2ClH.Ni/c2*1-2-3-14-17(15-10-6-4-7-11-15)16-12-8-5-9-13-16;;;/h2*4-13H,1-3,14H2;2*1H;/q2*-1;;;+4/p-2. The molecular formula is C32H36Cl2NiP2. The molecule has 5 heteroatoms. The van der Waals surface area contributed by atoms with Crippen LogP contribution in [0.4, 0.5) is 0 Å². The summed E-state index contributed by atoms with van der Waals surface area (Å²) in [6.45, 7) is 7.91. The van der Waals surface area contributed by atoms with Crippen LogP contribution in [0.25, 0.3) is 0 Å². The molecule has 0 radical (unpaired) electrons. The van der Waals surface area contributed by atoms with E-state index in [4.69, 9.17) is 20.4 Å². The van der Waals surface area contributed by atoms with E-state index in [0.29, 0.717) is 12.7 Å². The van der Waals surface area contributed by atoms with E-state index in [1.54, 1.807) is 0 Å². The van der Waals surface area contributed by atoms with Crippen molar-refractivity contribution < 1.29 is 12.7 Å². The van der Waals surface area contributed by atoms with E-state index in [1.807, 2.05) is 0 Å². The van der Waals surface area contributed by atoms with Crippen LogP contribution in [0.2, 0.25) is 0 Å². The van der Waals surface area contributed by atoms with Crippen LogP contribution in [-0.4, -0.2) is 12.3 Å². The molecule has 0 saturated heterocycles. The van der Waals surface area contributed by atoms with Gasteiger partial charge in [-0.05, 0) is 49.4 Å². The van der Waals surface area contributed by atoms with Gasteiger partial charge in [0.2, 0.25) is 0 Å². The van der Waals surface area contributed by atoms with E-state index in [0.717, 1.165) is 12.8 Å². The second-order valence-electron chi connectivity index (χ2n) is 8.10. The first-order chi connectivity index (χ1) is 18.2. The average Bonchev–Trinajstić information content (AvgIpc) is 2.97. The van der Waals surface area contributed by atoms with Crippen LogP contribution in [0.3, 0.4) is 0 Å². The monoisotopic (exact) mass is 610 g/mol. The van der Waals surface area contributed by atoms with Gasteiger partial charge in [-0.3, -0.25) is 0 Å². The predicted molar refractivity (Wildman–Crippen MR) is 169 cm³/mol. The summed E-state index contributed by atoms with van der Waals surface area (Å²) in [5.74, 6) is 0. The molecule has 0 saturated carbocycles. The van der Waals surface area contributed by atoms with Gasteiger partial charge in [-0.1, -0.05) is 134 Å². The zero-order valence-corrected chi connectivity index (χ0v) is 25.5. The van der Waals surface area contributed by atoms with E-state index in [9.17, 15) is 0 Å². The van der Waals surface area contributed by atoms with Gasteiger partial charge in [0.25, 0.3) is 0 Å². The Hall–Kier alpha value is -1.19. The second kappa shape index (κ2) is 20.7. The molecule has 4 aromatic carbocycles. The molecule has 0 heterocycles. The van der Waals surface area contributed by atoms with Crippen molar-refractivity contribution in [3.8, 4) is 0 Å². The molecule has 37 heavy (non-hydrogen) atoms. The fourth-order valence-electron chi connectivity index (χ4n) is 3.79. The molecule has 4 aromatic rings. The predicted octanol–water partition coefficient (Wildman–Crippen LogP) is 8.84. The normalized spacial score (nSPS) is 10.4. The summed E-state index contributed by atoms with van der Waals surface area (Å²) in [6, 6.07) is 43.5. The summed E-state index contributed by atoms with van der Waals surface area (Å²) in [7, 11) is 9.01. The van der Waals surface area contributed by atoms with E-state index < -0.39 is 0 Å². The number of halogens is 2. The molecule has 0 amide bonds. The molecule has 0 aliphatic heterocycles. The minimum atomic E-state index is -0.197.